The maximum absolute atomic E-state index is 11.9. The van der Waals surface area contributed by atoms with Crippen molar-refractivity contribution >= 4 is 53.6 Å². The van der Waals surface area contributed by atoms with Gasteiger partial charge < -0.3 is 4.74 Å². The summed E-state index contributed by atoms with van der Waals surface area (Å²) >= 11 is 12.0. The van der Waals surface area contributed by atoms with Crippen LogP contribution in [0, 0.1) is 5.41 Å². The van der Waals surface area contributed by atoms with Crippen molar-refractivity contribution in [3.8, 4) is 0 Å². The molecule has 9 heteroatoms. The molecule has 0 fully saturated rings. The third kappa shape index (κ3) is 6.92. The van der Waals surface area contributed by atoms with Gasteiger partial charge in [0.15, 0.2) is 0 Å². The molecule has 138 valence electrons. The first-order chi connectivity index (χ1) is 12.0. The van der Waals surface area contributed by atoms with E-state index in [0.717, 1.165) is 5.56 Å². The van der Waals surface area contributed by atoms with Gasteiger partial charge in [-0.2, -0.15) is 0 Å². The fourth-order valence-electron chi connectivity index (χ4n) is 1.94. The summed E-state index contributed by atoms with van der Waals surface area (Å²) in [7, 11) is 0. The van der Waals surface area contributed by atoms with Crippen molar-refractivity contribution in [2.45, 2.75) is 13.0 Å². The highest BCUT2D eigenvalue weighted by molar-refractivity contribution is 6.36. The SMILES string of the molecule is Cl.N=C(NC(=O)Cc1c(Cl)cccc1Cl)NC(=O)OCc1ccccc1. The van der Waals surface area contributed by atoms with Crippen LogP contribution in [0.3, 0.4) is 0 Å². The van der Waals surface area contributed by atoms with E-state index < -0.39 is 18.0 Å². The van der Waals surface area contributed by atoms with Gasteiger partial charge in [0.1, 0.15) is 6.61 Å². The Kier molecular flexibility index (Phi) is 8.92. The van der Waals surface area contributed by atoms with E-state index in [1.54, 1.807) is 30.3 Å². The summed E-state index contributed by atoms with van der Waals surface area (Å²) in [5.74, 6) is -1.03. The minimum Gasteiger partial charge on any atom is -0.444 e. The number of ether oxygens (including phenoxy) is 1. The zero-order chi connectivity index (χ0) is 18.2. The summed E-state index contributed by atoms with van der Waals surface area (Å²) in [4.78, 5) is 23.5. The second kappa shape index (κ2) is 10.7. The maximum Gasteiger partial charge on any atom is 0.414 e. The van der Waals surface area contributed by atoms with Crippen LogP contribution in [0.5, 0.6) is 0 Å². The van der Waals surface area contributed by atoms with Gasteiger partial charge in [0.05, 0.1) is 6.42 Å². The summed E-state index contributed by atoms with van der Waals surface area (Å²) in [5, 5.41) is 12.6. The van der Waals surface area contributed by atoms with Gasteiger partial charge in [-0.3, -0.25) is 20.8 Å². The molecule has 6 nitrogen and oxygen atoms in total. The lowest BCUT2D eigenvalue weighted by atomic mass is 10.1. The number of hydrogen-bond donors (Lipinski definition) is 3. The molecule has 0 aliphatic carbocycles. The Balaban J connectivity index is 0.00000338. The largest absolute Gasteiger partial charge is 0.444 e. The fraction of sp³-hybridized carbons (Fsp3) is 0.118. The van der Waals surface area contributed by atoms with Gasteiger partial charge in [-0.15, -0.1) is 12.4 Å². The monoisotopic (exact) mass is 415 g/mol. The third-order valence-electron chi connectivity index (χ3n) is 3.10. The number of halogens is 3. The number of guanidine groups is 1. The maximum atomic E-state index is 11.9. The summed E-state index contributed by atoms with van der Waals surface area (Å²) in [6.45, 7) is 0.0587. The number of carbonyl (C=O) groups excluding carboxylic acids is 2. The van der Waals surface area contributed by atoms with E-state index in [0.29, 0.717) is 15.6 Å². The molecule has 3 N–H and O–H groups in total. The molecule has 26 heavy (non-hydrogen) atoms. The number of benzene rings is 2. The van der Waals surface area contributed by atoms with Crippen LogP contribution < -0.4 is 10.6 Å². The molecular weight excluding hydrogens is 401 g/mol. The first-order valence-corrected chi connectivity index (χ1v) is 8.00. The molecule has 0 saturated carbocycles. The highest BCUT2D eigenvalue weighted by Crippen LogP contribution is 2.24. The number of rotatable bonds is 4. The molecule has 0 radical (unpaired) electrons. The molecule has 0 bridgehead atoms. The lowest BCUT2D eigenvalue weighted by Crippen LogP contribution is -2.43. The predicted molar refractivity (Wildman–Crippen MR) is 103 cm³/mol. The Morgan fingerprint density at radius 2 is 1.58 bits per heavy atom. The quantitative estimate of drug-likeness (QED) is 0.521. The van der Waals surface area contributed by atoms with Crippen molar-refractivity contribution in [3.63, 3.8) is 0 Å². The highest BCUT2D eigenvalue weighted by Gasteiger charge is 2.13. The number of amides is 2. The Morgan fingerprint density at radius 1 is 0.962 bits per heavy atom. The summed E-state index contributed by atoms with van der Waals surface area (Å²) in [5.41, 5.74) is 1.25. The van der Waals surface area contributed by atoms with Crippen molar-refractivity contribution < 1.29 is 14.3 Å². The summed E-state index contributed by atoms with van der Waals surface area (Å²) in [6.07, 6.45) is -0.966. The van der Waals surface area contributed by atoms with Crippen LogP contribution in [0.15, 0.2) is 48.5 Å². The van der Waals surface area contributed by atoms with Crippen molar-refractivity contribution in [2.24, 2.45) is 0 Å². The summed E-state index contributed by atoms with van der Waals surface area (Å²) < 4.78 is 4.95. The topological polar surface area (TPSA) is 91.3 Å². The zero-order valence-corrected chi connectivity index (χ0v) is 15.8. The molecule has 0 unspecified atom stereocenters. The standard InChI is InChI=1S/C17H15Cl2N3O3.ClH/c18-13-7-4-8-14(19)12(13)9-15(23)21-16(20)22-17(24)25-10-11-5-2-1-3-6-11;/h1-8H,9-10H2,(H3,20,21,22,23,24);1H. The summed E-state index contributed by atoms with van der Waals surface area (Å²) in [6, 6.07) is 14.0. The molecule has 2 amide bonds. The van der Waals surface area contributed by atoms with Crippen molar-refractivity contribution in [1.29, 1.82) is 5.41 Å². The first-order valence-electron chi connectivity index (χ1n) is 7.24. The third-order valence-corrected chi connectivity index (χ3v) is 3.81. The van der Waals surface area contributed by atoms with Gasteiger partial charge >= 0.3 is 6.09 Å². The van der Waals surface area contributed by atoms with Crippen LogP contribution in [-0.2, 0) is 22.6 Å². The van der Waals surface area contributed by atoms with E-state index in [4.69, 9.17) is 33.3 Å². The van der Waals surface area contributed by atoms with E-state index in [1.165, 1.54) is 0 Å². The molecule has 0 heterocycles. The molecule has 2 aromatic carbocycles. The highest BCUT2D eigenvalue weighted by atomic mass is 35.5. The van der Waals surface area contributed by atoms with Gasteiger partial charge in [-0.1, -0.05) is 59.6 Å². The molecular formula is C17H16Cl3N3O3. The van der Waals surface area contributed by atoms with E-state index >= 15 is 0 Å². The van der Waals surface area contributed by atoms with Gasteiger partial charge in [-0.05, 0) is 23.3 Å². The average Bonchev–Trinajstić information content (AvgIpc) is 2.57. The second-order valence-electron chi connectivity index (χ2n) is 4.99. The Bertz CT molecular complexity index is 765. The minimum absolute atomic E-state index is 0. The van der Waals surface area contributed by atoms with E-state index in [2.05, 4.69) is 10.6 Å². The molecule has 0 aromatic heterocycles. The molecule has 0 spiro atoms. The van der Waals surface area contributed by atoms with Crippen molar-refractivity contribution in [1.82, 2.24) is 10.6 Å². The van der Waals surface area contributed by atoms with Gasteiger partial charge in [0, 0.05) is 10.0 Å². The molecule has 2 aromatic rings. The molecule has 0 atom stereocenters. The van der Waals surface area contributed by atoms with Crippen LogP contribution in [-0.4, -0.2) is 18.0 Å². The van der Waals surface area contributed by atoms with Crippen molar-refractivity contribution in [2.75, 3.05) is 0 Å². The normalized spacial score (nSPS) is 9.62. The molecule has 0 aliphatic heterocycles. The fourth-order valence-corrected chi connectivity index (χ4v) is 2.47. The second-order valence-corrected chi connectivity index (χ2v) is 5.80. The molecule has 0 saturated heterocycles. The van der Waals surface area contributed by atoms with Gasteiger partial charge in [0.25, 0.3) is 0 Å². The predicted octanol–water partition coefficient (Wildman–Crippen LogP) is 3.94. The van der Waals surface area contributed by atoms with Gasteiger partial charge in [-0.25, -0.2) is 4.79 Å². The van der Waals surface area contributed by atoms with E-state index in [9.17, 15) is 9.59 Å². The minimum atomic E-state index is -0.843. The number of alkyl carbamates (subject to hydrolysis) is 1. The van der Waals surface area contributed by atoms with Crippen LogP contribution >= 0.6 is 35.6 Å². The Labute approximate surface area is 166 Å². The van der Waals surface area contributed by atoms with Crippen LogP contribution in [0.25, 0.3) is 0 Å². The molecule has 2 rings (SSSR count). The molecule has 0 aliphatic rings. The van der Waals surface area contributed by atoms with Gasteiger partial charge in [0.2, 0.25) is 11.9 Å². The van der Waals surface area contributed by atoms with Crippen LogP contribution in [0.2, 0.25) is 10.0 Å². The van der Waals surface area contributed by atoms with Crippen molar-refractivity contribution in [3.05, 3.63) is 69.7 Å². The van der Waals surface area contributed by atoms with Crippen LogP contribution in [0.1, 0.15) is 11.1 Å². The average molecular weight is 417 g/mol. The first kappa shape index (κ1) is 21.8. The Morgan fingerprint density at radius 3 is 2.19 bits per heavy atom. The zero-order valence-electron chi connectivity index (χ0n) is 13.4. The Hall–Kier alpha value is -2.28. The smallest absolute Gasteiger partial charge is 0.414 e. The number of nitrogens with one attached hydrogen (secondary N) is 3. The van der Waals surface area contributed by atoms with E-state index in [-0.39, 0.29) is 25.4 Å². The van der Waals surface area contributed by atoms with E-state index in [1.807, 2.05) is 18.2 Å². The van der Waals surface area contributed by atoms with Crippen LogP contribution in [0.4, 0.5) is 4.79 Å². The lowest BCUT2D eigenvalue weighted by molar-refractivity contribution is -0.119. The number of carbonyl (C=O) groups is 2. The number of hydrogen-bond acceptors (Lipinski definition) is 4. The lowest BCUT2D eigenvalue weighted by Gasteiger charge is -2.10.